The minimum absolute atomic E-state index is 0.420. The molecule has 0 spiro atoms. The van der Waals surface area contributed by atoms with E-state index in [9.17, 15) is 10.5 Å². The molecule has 2 N–H and O–H groups in total. The Balaban J connectivity index is 1.47. The van der Waals surface area contributed by atoms with Crippen LogP contribution >= 0.6 is 31.9 Å². The van der Waals surface area contributed by atoms with Gasteiger partial charge in [-0.05, 0) is 78.4 Å². The van der Waals surface area contributed by atoms with Gasteiger partial charge in [0, 0.05) is 56.2 Å². The highest BCUT2D eigenvalue weighted by Crippen LogP contribution is 2.73. The molecule has 3 aliphatic rings. The van der Waals surface area contributed by atoms with E-state index in [1.54, 1.807) is 0 Å². The molecule has 7 aromatic rings. The Bertz CT molecular complexity index is 2770. The number of hydrogen-bond acceptors (Lipinski definition) is 4. The van der Waals surface area contributed by atoms with Gasteiger partial charge in [-0.15, -0.1) is 0 Å². The molecule has 4 aromatic carbocycles. The van der Waals surface area contributed by atoms with Crippen LogP contribution < -0.4 is 0 Å². The Hall–Kier alpha value is -6.32. The van der Waals surface area contributed by atoms with Crippen molar-refractivity contribution in [2.45, 2.75) is 11.8 Å². The zero-order valence-corrected chi connectivity index (χ0v) is 32.2. The second-order valence-electron chi connectivity index (χ2n) is 13.9. The van der Waals surface area contributed by atoms with E-state index in [2.05, 4.69) is 127 Å². The lowest BCUT2D eigenvalue weighted by molar-refractivity contribution is 0.779. The summed E-state index contributed by atoms with van der Waals surface area (Å²) in [6, 6.07) is 54.0. The number of aromatic nitrogens is 4. The number of fused-ring (bicyclic) bond motifs is 11. The van der Waals surface area contributed by atoms with Crippen molar-refractivity contribution in [1.82, 2.24) is 19.9 Å². The van der Waals surface area contributed by atoms with Crippen LogP contribution in [0.3, 0.4) is 0 Å². The average molecular weight is 837 g/mol. The first kappa shape index (κ1) is 33.3. The van der Waals surface area contributed by atoms with Crippen molar-refractivity contribution in [2.24, 2.45) is 5.41 Å². The van der Waals surface area contributed by atoms with Gasteiger partial charge in [-0.2, -0.15) is 10.5 Å². The van der Waals surface area contributed by atoms with Gasteiger partial charge < -0.3 is 9.97 Å². The summed E-state index contributed by atoms with van der Waals surface area (Å²) in [5.74, 6) is -0.840. The minimum Gasteiger partial charge on any atom is -0.354 e. The minimum atomic E-state index is -1.27. The first-order chi connectivity index (χ1) is 27.0. The van der Waals surface area contributed by atoms with Crippen molar-refractivity contribution in [2.75, 3.05) is 0 Å². The first-order valence-corrected chi connectivity index (χ1v) is 19.5. The molecule has 260 valence electrons. The van der Waals surface area contributed by atoms with Crippen LogP contribution in [0.4, 0.5) is 0 Å². The lowest BCUT2D eigenvalue weighted by Gasteiger charge is -2.11. The van der Waals surface area contributed by atoms with Gasteiger partial charge in [-0.3, -0.25) is 4.98 Å². The summed E-state index contributed by atoms with van der Waals surface area (Å²) < 4.78 is 1.66. The Labute approximate surface area is 333 Å². The highest BCUT2D eigenvalue weighted by molar-refractivity contribution is 9.18. The molecule has 5 heterocycles. The van der Waals surface area contributed by atoms with Gasteiger partial charge in [0.1, 0.15) is 0 Å². The van der Waals surface area contributed by atoms with Gasteiger partial charge in [0.25, 0.3) is 0 Å². The van der Waals surface area contributed by atoms with Crippen molar-refractivity contribution < 1.29 is 0 Å². The molecule has 2 aliphatic heterocycles. The van der Waals surface area contributed by atoms with E-state index in [4.69, 9.17) is 9.97 Å². The van der Waals surface area contributed by atoms with Gasteiger partial charge in [0.15, 0.2) is 5.41 Å². The third-order valence-electron chi connectivity index (χ3n) is 10.9. The van der Waals surface area contributed by atoms with E-state index in [0.717, 1.165) is 98.3 Å². The lowest BCUT2D eigenvalue weighted by Crippen LogP contribution is -2.05. The Kier molecular flexibility index (Phi) is 7.81. The molecule has 6 nitrogen and oxygen atoms in total. The molecule has 2 atom stereocenters. The molecule has 0 amide bonds. The average Bonchev–Trinajstić information content (AvgIpc) is 3.77. The molecule has 55 heavy (non-hydrogen) atoms. The molecular weight excluding hydrogens is 808 g/mol. The van der Waals surface area contributed by atoms with E-state index in [1.165, 1.54) is 0 Å². The van der Waals surface area contributed by atoms with E-state index >= 15 is 0 Å². The summed E-state index contributed by atoms with van der Waals surface area (Å²) in [5, 5.41) is 21.6. The highest BCUT2D eigenvalue weighted by Gasteiger charge is 2.72. The van der Waals surface area contributed by atoms with Gasteiger partial charge in [-0.25, -0.2) is 4.98 Å². The fourth-order valence-electron chi connectivity index (χ4n) is 8.39. The summed E-state index contributed by atoms with van der Waals surface area (Å²) in [6.07, 6.45) is 0. The highest BCUT2D eigenvalue weighted by atomic mass is 79.9. The fourth-order valence-corrected chi connectivity index (χ4v) is 9.34. The summed E-state index contributed by atoms with van der Waals surface area (Å²) in [5.41, 5.74) is 12.5. The maximum atomic E-state index is 10.8. The predicted molar refractivity (Wildman–Crippen MR) is 227 cm³/mol. The molecule has 3 aromatic heterocycles. The number of benzene rings is 4. The van der Waals surface area contributed by atoms with Crippen molar-refractivity contribution in [1.29, 1.82) is 10.5 Å². The summed E-state index contributed by atoms with van der Waals surface area (Å²) in [4.78, 5) is 18.5. The maximum absolute atomic E-state index is 10.8. The molecule has 1 fully saturated rings. The normalized spacial score (nSPS) is 16.6. The first-order valence-electron chi connectivity index (χ1n) is 17.9. The fraction of sp³-hybridized carbons (Fsp3) is 0.0638. The van der Waals surface area contributed by atoms with Crippen LogP contribution in [-0.2, 0) is 0 Å². The van der Waals surface area contributed by atoms with Crippen LogP contribution in [-0.4, -0.2) is 19.9 Å². The summed E-state index contributed by atoms with van der Waals surface area (Å²) >= 11 is 7.94. The van der Waals surface area contributed by atoms with Gasteiger partial charge in [-0.1, -0.05) is 121 Å². The van der Waals surface area contributed by atoms with E-state index in [-0.39, 0.29) is 0 Å². The molecule has 0 unspecified atom stereocenters. The van der Waals surface area contributed by atoms with Gasteiger partial charge in [0.05, 0.1) is 43.9 Å². The number of nitriles is 2. The number of H-pyrrole nitrogens is 2. The molecule has 0 saturated heterocycles. The van der Waals surface area contributed by atoms with Crippen LogP contribution in [0.25, 0.3) is 75.5 Å². The standard InChI is InChI=1S/C47H28Br2N6/c48-41-42(49)46-38(30-19-11-4-12-20-30)34-24-22-32(53-34)36(28-15-7-2-8-16-28)44-40-39(47(40,25-50)26-51)43(54-44)35(27-13-5-1-6-14-27)31-21-23-33(52-31)37(45(41)55-46)29-17-9-3-10-18-29/h1-24,39-40,52-53H/t39-,40+. The molecule has 1 saturated carbocycles. The van der Waals surface area contributed by atoms with Crippen molar-refractivity contribution in [3.05, 3.63) is 168 Å². The summed E-state index contributed by atoms with van der Waals surface area (Å²) in [7, 11) is 0. The molecule has 8 bridgehead atoms. The largest absolute Gasteiger partial charge is 0.354 e. The van der Waals surface area contributed by atoms with E-state index in [0.29, 0.717) is 0 Å². The third kappa shape index (κ3) is 5.10. The Morgan fingerprint density at radius 3 is 1.07 bits per heavy atom. The molecule has 1 aliphatic carbocycles. The van der Waals surface area contributed by atoms with Crippen LogP contribution in [0.1, 0.15) is 34.6 Å². The maximum Gasteiger partial charge on any atom is 0.161 e. The van der Waals surface area contributed by atoms with E-state index in [1.807, 2.05) is 72.8 Å². The monoisotopic (exact) mass is 834 g/mol. The Morgan fingerprint density at radius 1 is 0.436 bits per heavy atom. The molecule has 10 rings (SSSR count). The smallest absolute Gasteiger partial charge is 0.161 e. The van der Waals surface area contributed by atoms with Crippen molar-refractivity contribution in [3.8, 4) is 56.6 Å². The van der Waals surface area contributed by atoms with Crippen molar-refractivity contribution in [3.63, 3.8) is 0 Å². The lowest BCUT2D eigenvalue weighted by atomic mass is 9.96. The van der Waals surface area contributed by atoms with Crippen LogP contribution in [0, 0.1) is 28.1 Å². The molecular formula is C47H28Br2N6. The number of rotatable bonds is 4. The zero-order valence-electron chi connectivity index (χ0n) is 29.1. The Morgan fingerprint density at radius 2 is 0.745 bits per heavy atom. The van der Waals surface area contributed by atoms with Crippen LogP contribution in [0.15, 0.2) is 146 Å². The second kappa shape index (κ2) is 12.9. The van der Waals surface area contributed by atoms with Gasteiger partial charge >= 0.3 is 0 Å². The molecule has 8 heteroatoms. The topological polar surface area (TPSA) is 105 Å². The number of nitrogens with zero attached hydrogens (tertiary/aromatic N) is 4. The van der Waals surface area contributed by atoms with Crippen molar-refractivity contribution >= 4 is 62.9 Å². The number of halogens is 2. The second-order valence-corrected chi connectivity index (χ2v) is 15.5. The van der Waals surface area contributed by atoms with E-state index < -0.39 is 17.3 Å². The number of aromatic amines is 2. The SMILES string of the molecule is N#CC1(C#N)[C@@H]2c3nc(c(-c4ccccc4)c4ccc([nH]4)c(-c4ccccc4)c4nc(c(-c5ccccc5)c5ccc([nH]5)c3-c3ccccc3)C(Br)=C4Br)[C@@H]21. The van der Waals surface area contributed by atoms with Gasteiger partial charge in [0.2, 0.25) is 0 Å². The number of hydrogen-bond donors (Lipinski definition) is 2. The van der Waals surface area contributed by atoms with Crippen LogP contribution in [0.2, 0.25) is 0 Å². The third-order valence-corrected chi connectivity index (χ3v) is 13.0. The van der Waals surface area contributed by atoms with Crippen LogP contribution in [0.5, 0.6) is 0 Å². The zero-order chi connectivity index (χ0) is 37.3. The molecule has 0 radical (unpaired) electrons. The quantitative estimate of drug-likeness (QED) is 0.184. The summed E-state index contributed by atoms with van der Waals surface area (Å²) in [6.45, 7) is 0. The predicted octanol–water partition coefficient (Wildman–Crippen LogP) is 12.5. The number of nitrogens with one attached hydrogen (secondary N) is 2.